The van der Waals surface area contributed by atoms with E-state index in [0.717, 1.165) is 5.56 Å². The van der Waals surface area contributed by atoms with Crippen LogP contribution in [0.5, 0.6) is 0 Å². The van der Waals surface area contributed by atoms with E-state index >= 15 is 0 Å². The summed E-state index contributed by atoms with van der Waals surface area (Å²) in [6.07, 6.45) is 0. The maximum Gasteiger partial charge on any atom is 0.240 e. The van der Waals surface area contributed by atoms with Crippen LogP contribution < -0.4 is 4.72 Å². The quantitative estimate of drug-likeness (QED) is 0.887. The molecule has 1 atom stereocenters. The second-order valence-electron chi connectivity index (χ2n) is 4.15. The van der Waals surface area contributed by atoms with Crippen LogP contribution in [0.15, 0.2) is 23.1 Å². The number of benzene rings is 1. The van der Waals surface area contributed by atoms with Crippen LogP contribution in [-0.2, 0) is 10.0 Å². The van der Waals surface area contributed by atoms with Crippen molar-refractivity contribution in [3.05, 3.63) is 29.3 Å². The Kier molecular flexibility index (Phi) is 4.27. The van der Waals surface area contributed by atoms with Gasteiger partial charge in [0.15, 0.2) is 0 Å². The molecule has 0 fully saturated rings. The summed E-state index contributed by atoms with van der Waals surface area (Å²) in [5.41, 5.74) is 1.73. The molecule has 1 aromatic carbocycles. The molecule has 0 aliphatic rings. The van der Waals surface area contributed by atoms with Gasteiger partial charge in [-0.2, -0.15) is 5.26 Å². The average molecular weight is 252 g/mol. The maximum absolute atomic E-state index is 12.0. The smallest absolute Gasteiger partial charge is 0.210 e. The summed E-state index contributed by atoms with van der Waals surface area (Å²) < 4.78 is 26.4. The standard InChI is InChI=1S/C12H16N2O2S/c1-9-4-5-12(11(3)6-9)17(15,16)14-8-10(2)7-13/h4-6,10,14H,8H2,1-3H3. The number of hydrogen-bond donors (Lipinski definition) is 1. The number of nitrogens with zero attached hydrogens (tertiary/aromatic N) is 1. The first-order chi connectivity index (χ1) is 7.86. The lowest BCUT2D eigenvalue weighted by atomic mass is 10.2. The van der Waals surface area contributed by atoms with Crippen LogP contribution in [0.1, 0.15) is 18.1 Å². The molecule has 17 heavy (non-hydrogen) atoms. The molecular weight excluding hydrogens is 236 g/mol. The average Bonchev–Trinajstić information content (AvgIpc) is 2.25. The van der Waals surface area contributed by atoms with E-state index < -0.39 is 10.0 Å². The fourth-order valence-corrected chi connectivity index (χ4v) is 2.81. The molecule has 1 unspecified atom stereocenters. The van der Waals surface area contributed by atoms with Gasteiger partial charge in [-0.1, -0.05) is 17.7 Å². The molecule has 0 amide bonds. The first-order valence-corrected chi connectivity index (χ1v) is 6.81. The maximum atomic E-state index is 12.0. The second kappa shape index (κ2) is 5.30. The Morgan fingerprint density at radius 1 is 1.41 bits per heavy atom. The predicted molar refractivity (Wildman–Crippen MR) is 65.9 cm³/mol. The highest BCUT2D eigenvalue weighted by Crippen LogP contribution is 2.16. The van der Waals surface area contributed by atoms with Crippen LogP contribution in [0.2, 0.25) is 0 Å². The molecule has 4 nitrogen and oxygen atoms in total. The number of aryl methyl sites for hydroxylation is 2. The van der Waals surface area contributed by atoms with Crippen LogP contribution in [0.3, 0.4) is 0 Å². The minimum Gasteiger partial charge on any atom is -0.210 e. The molecule has 0 saturated carbocycles. The van der Waals surface area contributed by atoms with E-state index in [1.54, 1.807) is 26.0 Å². The van der Waals surface area contributed by atoms with E-state index in [2.05, 4.69) is 4.72 Å². The lowest BCUT2D eigenvalue weighted by Crippen LogP contribution is -2.28. The summed E-state index contributed by atoms with van der Waals surface area (Å²) in [5.74, 6) is -0.337. The molecule has 0 saturated heterocycles. The van der Waals surface area contributed by atoms with Crippen LogP contribution in [0.4, 0.5) is 0 Å². The van der Waals surface area contributed by atoms with Crippen molar-refractivity contribution in [1.82, 2.24) is 4.72 Å². The van der Waals surface area contributed by atoms with Gasteiger partial charge in [-0.3, -0.25) is 0 Å². The van der Waals surface area contributed by atoms with Crippen molar-refractivity contribution in [3.63, 3.8) is 0 Å². The Labute approximate surface area is 102 Å². The fraction of sp³-hybridized carbons (Fsp3) is 0.417. The van der Waals surface area contributed by atoms with E-state index in [9.17, 15) is 8.42 Å². The Bertz CT molecular complexity index is 544. The minimum absolute atomic E-state index is 0.131. The van der Waals surface area contributed by atoms with Gasteiger partial charge in [0.05, 0.1) is 16.9 Å². The van der Waals surface area contributed by atoms with E-state index in [0.29, 0.717) is 5.56 Å². The van der Waals surface area contributed by atoms with Crippen molar-refractivity contribution in [2.45, 2.75) is 25.7 Å². The third kappa shape index (κ3) is 3.55. The van der Waals surface area contributed by atoms with Crippen molar-refractivity contribution in [3.8, 4) is 6.07 Å². The molecule has 5 heteroatoms. The fourth-order valence-electron chi connectivity index (χ4n) is 1.46. The van der Waals surface area contributed by atoms with Crippen molar-refractivity contribution < 1.29 is 8.42 Å². The molecule has 0 aliphatic carbocycles. The van der Waals surface area contributed by atoms with E-state index in [1.807, 2.05) is 19.1 Å². The summed E-state index contributed by atoms with van der Waals surface area (Å²) in [4.78, 5) is 0.272. The molecular formula is C12H16N2O2S. The largest absolute Gasteiger partial charge is 0.240 e. The highest BCUT2D eigenvalue weighted by Gasteiger charge is 2.17. The zero-order valence-corrected chi connectivity index (χ0v) is 11.0. The summed E-state index contributed by atoms with van der Waals surface area (Å²) >= 11 is 0. The Balaban J connectivity index is 2.95. The monoisotopic (exact) mass is 252 g/mol. The van der Waals surface area contributed by atoms with Gasteiger partial charge in [0.2, 0.25) is 10.0 Å². The predicted octanol–water partition coefficient (Wildman–Crippen LogP) is 1.74. The van der Waals surface area contributed by atoms with Crippen molar-refractivity contribution in [2.24, 2.45) is 5.92 Å². The van der Waals surface area contributed by atoms with Gasteiger partial charge < -0.3 is 0 Å². The van der Waals surface area contributed by atoms with E-state index in [4.69, 9.17) is 5.26 Å². The van der Waals surface area contributed by atoms with Crippen LogP contribution >= 0.6 is 0 Å². The number of nitriles is 1. The van der Waals surface area contributed by atoms with Crippen molar-refractivity contribution in [2.75, 3.05) is 6.54 Å². The highest BCUT2D eigenvalue weighted by atomic mass is 32.2. The van der Waals surface area contributed by atoms with Gasteiger partial charge in [0.25, 0.3) is 0 Å². The summed E-state index contributed by atoms with van der Waals surface area (Å²) in [7, 11) is -3.51. The first-order valence-electron chi connectivity index (χ1n) is 5.33. The Morgan fingerprint density at radius 2 is 2.06 bits per heavy atom. The Morgan fingerprint density at radius 3 is 2.59 bits per heavy atom. The normalized spacial score (nSPS) is 13.1. The highest BCUT2D eigenvalue weighted by molar-refractivity contribution is 7.89. The van der Waals surface area contributed by atoms with E-state index in [1.165, 1.54) is 0 Å². The van der Waals surface area contributed by atoms with Gasteiger partial charge in [-0.05, 0) is 32.4 Å². The molecule has 0 heterocycles. The van der Waals surface area contributed by atoms with E-state index in [-0.39, 0.29) is 17.4 Å². The molecule has 0 radical (unpaired) electrons. The first kappa shape index (κ1) is 13.7. The summed E-state index contributed by atoms with van der Waals surface area (Å²) in [6, 6.07) is 7.15. The molecule has 92 valence electrons. The molecule has 0 bridgehead atoms. The van der Waals surface area contributed by atoms with Crippen molar-refractivity contribution in [1.29, 1.82) is 5.26 Å². The molecule has 0 aliphatic heterocycles. The van der Waals surface area contributed by atoms with Crippen LogP contribution in [0.25, 0.3) is 0 Å². The minimum atomic E-state index is -3.51. The molecule has 1 N–H and O–H groups in total. The van der Waals surface area contributed by atoms with Crippen LogP contribution in [-0.4, -0.2) is 15.0 Å². The molecule has 1 rings (SSSR count). The number of rotatable bonds is 4. The third-order valence-electron chi connectivity index (χ3n) is 2.42. The van der Waals surface area contributed by atoms with Gasteiger partial charge in [-0.25, -0.2) is 13.1 Å². The Hall–Kier alpha value is -1.38. The van der Waals surface area contributed by atoms with Crippen LogP contribution in [0, 0.1) is 31.1 Å². The summed E-state index contributed by atoms with van der Waals surface area (Å²) in [5, 5.41) is 8.61. The van der Waals surface area contributed by atoms with Gasteiger partial charge in [0, 0.05) is 6.54 Å². The topological polar surface area (TPSA) is 70.0 Å². The molecule has 1 aromatic rings. The van der Waals surface area contributed by atoms with Gasteiger partial charge >= 0.3 is 0 Å². The lowest BCUT2D eigenvalue weighted by Gasteiger charge is -2.10. The lowest BCUT2D eigenvalue weighted by molar-refractivity contribution is 0.572. The zero-order valence-electron chi connectivity index (χ0n) is 10.2. The SMILES string of the molecule is Cc1ccc(S(=O)(=O)NCC(C)C#N)c(C)c1. The van der Waals surface area contributed by atoms with Gasteiger partial charge in [0.1, 0.15) is 0 Å². The second-order valence-corrected chi connectivity index (χ2v) is 5.89. The summed E-state index contributed by atoms with van der Waals surface area (Å²) in [6.45, 7) is 5.47. The number of nitrogens with one attached hydrogen (secondary N) is 1. The zero-order chi connectivity index (χ0) is 13.1. The van der Waals surface area contributed by atoms with Crippen molar-refractivity contribution >= 4 is 10.0 Å². The molecule has 0 spiro atoms. The third-order valence-corrected chi connectivity index (χ3v) is 4.00. The molecule has 0 aromatic heterocycles. The number of sulfonamides is 1. The van der Waals surface area contributed by atoms with Gasteiger partial charge in [-0.15, -0.1) is 0 Å². The number of hydrogen-bond acceptors (Lipinski definition) is 3.